The van der Waals surface area contributed by atoms with Crippen LogP contribution >= 0.6 is 0 Å². The zero-order chi connectivity index (χ0) is 13.7. The molecule has 0 radical (unpaired) electrons. The number of hydrogen-bond acceptors (Lipinski definition) is 3. The molecule has 19 heavy (non-hydrogen) atoms. The van der Waals surface area contributed by atoms with Gasteiger partial charge in [0.15, 0.2) is 0 Å². The number of ether oxygens (including phenoxy) is 1. The summed E-state index contributed by atoms with van der Waals surface area (Å²) in [7, 11) is 1.92. The fourth-order valence-corrected chi connectivity index (χ4v) is 3.89. The summed E-state index contributed by atoms with van der Waals surface area (Å²) in [5, 5.41) is 12.7. The van der Waals surface area contributed by atoms with Crippen molar-refractivity contribution in [2.75, 3.05) is 13.7 Å². The summed E-state index contributed by atoms with van der Waals surface area (Å²) in [6.45, 7) is 3.14. The summed E-state index contributed by atoms with van der Waals surface area (Å²) in [6, 6.07) is 2.51. The van der Waals surface area contributed by atoms with Gasteiger partial charge >= 0.3 is 0 Å². The molecule has 0 spiro atoms. The lowest BCUT2D eigenvalue weighted by Crippen LogP contribution is -2.45. The Balaban J connectivity index is 1.77. The number of nitrogens with zero attached hydrogens (tertiary/aromatic N) is 1. The fraction of sp³-hybridized carbons (Fsp3) is 0.938. The Bertz CT molecular complexity index is 325. The molecule has 0 aromatic heterocycles. The van der Waals surface area contributed by atoms with Gasteiger partial charge < -0.3 is 10.1 Å². The fourth-order valence-electron chi connectivity index (χ4n) is 3.89. The highest BCUT2D eigenvalue weighted by Gasteiger charge is 2.41. The van der Waals surface area contributed by atoms with Crippen LogP contribution in [0.5, 0.6) is 0 Å². The van der Waals surface area contributed by atoms with E-state index in [0.717, 1.165) is 25.9 Å². The molecule has 0 aliphatic heterocycles. The molecule has 2 rings (SSSR count). The third kappa shape index (κ3) is 3.30. The first-order valence-electron chi connectivity index (χ1n) is 7.93. The van der Waals surface area contributed by atoms with Crippen molar-refractivity contribution >= 4 is 0 Å². The number of nitrogens with one attached hydrogen (secondary N) is 1. The highest BCUT2D eigenvalue weighted by atomic mass is 16.5. The zero-order valence-electron chi connectivity index (χ0n) is 12.5. The smallest absolute Gasteiger partial charge is 0.109 e. The summed E-state index contributed by atoms with van der Waals surface area (Å²) < 4.78 is 6.10. The summed E-state index contributed by atoms with van der Waals surface area (Å²) in [5.41, 5.74) is -0.290. The lowest BCUT2D eigenvalue weighted by molar-refractivity contribution is -0.0124. The van der Waals surface area contributed by atoms with Crippen LogP contribution in [0.2, 0.25) is 0 Å². The molecule has 2 aliphatic carbocycles. The third-order valence-corrected chi connectivity index (χ3v) is 5.30. The highest BCUT2D eigenvalue weighted by molar-refractivity contribution is 5.13. The molecule has 108 valence electrons. The Morgan fingerprint density at radius 2 is 2.05 bits per heavy atom. The van der Waals surface area contributed by atoms with Crippen molar-refractivity contribution in [3.63, 3.8) is 0 Å². The number of hydrogen-bond donors (Lipinski definition) is 1. The molecule has 0 aromatic rings. The highest BCUT2D eigenvalue weighted by Crippen LogP contribution is 2.37. The minimum Gasteiger partial charge on any atom is -0.378 e. The van der Waals surface area contributed by atoms with Crippen molar-refractivity contribution in [2.24, 2.45) is 11.8 Å². The normalized spacial score (nSPS) is 39.1. The molecule has 0 heterocycles. The van der Waals surface area contributed by atoms with Crippen LogP contribution in [0.25, 0.3) is 0 Å². The van der Waals surface area contributed by atoms with Crippen molar-refractivity contribution in [3.8, 4) is 6.07 Å². The van der Waals surface area contributed by atoms with Crippen LogP contribution in [0.3, 0.4) is 0 Å². The van der Waals surface area contributed by atoms with Gasteiger partial charge in [0.25, 0.3) is 0 Å². The minimum atomic E-state index is -0.290. The Labute approximate surface area is 117 Å². The molecule has 0 bridgehead atoms. The maximum absolute atomic E-state index is 9.42. The number of nitriles is 1. The van der Waals surface area contributed by atoms with Crippen molar-refractivity contribution in [3.05, 3.63) is 0 Å². The maximum Gasteiger partial charge on any atom is 0.109 e. The molecule has 4 unspecified atom stereocenters. The second kappa shape index (κ2) is 6.72. The molecule has 2 aliphatic rings. The number of rotatable bonds is 5. The topological polar surface area (TPSA) is 45.0 Å². The van der Waals surface area contributed by atoms with Gasteiger partial charge in [-0.2, -0.15) is 5.26 Å². The van der Waals surface area contributed by atoms with Gasteiger partial charge in [0.05, 0.1) is 12.2 Å². The Morgan fingerprint density at radius 3 is 2.74 bits per heavy atom. The predicted molar refractivity (Wildman–Crippen MR) is 76.7 cm³/mol. The molecular formula is C16H28N2O. The average molecular weight is 264 g/mol. The monoisotopic (exact) mass is 264 g/mol. The van der Waals surface area contributed by atoms with E-state index in [9.17, 15) is 5.26 Å². The van der Waals surface area contributed by atoms with Gasteiger partial charge in [-0.3, -0.25) is 0 Å². The summed E-state index contributed by atoms with van der Waals surface area (Å²) in [6.07, 6.45) is 10.0. The van der Waals surface area contributed by atoms with E-state index in [1.54, 1.807) is 0 Å². The SMILES string of the molecule is CNC1(C#N)CCCC1CCOC1CCCCC1C. The standard InChI is InChI=1S/C16H28N2O/c1-13-6-3-4-8-15(13)19-11-9-14-7-5-10-16(14,12-17)18-2/h13-15,18H,3-11H2,1-2H3. The molecule has 3 heteroatoms. The van der Waals surface area contributed by atoms with Crippen LogP contribution < -0.4 is 5.32 Å². The van der Waals surface area contributed by atoms with Crippen molar-refractivity contribution in [1.82, 2.24) is 5.32 Å². The predicted octanol–water partition coefficient (Wildman–Crippen LogP) is 3.25. The van der Waals surface area contributed by atoms with Crippen LogP contribution in [0, 0.1) is 23.2 Å². The maximum atomic E-state index is 9.42. The first kappa shape index (κ1) is 14.8. The average Bonchev–Trinajstić information content (AvgIpc) is 2.84. The molecule has 2 fully saturated rings. The first-order valence-corrected chi connectivity index (χ1v) is 7.93. The van der Waals surface area contributed by atoms with Gasteiger partial charge in [-0.25, -0.2) is 0 Å². The molecule has 0 amide bonds. The molecule has 4 atom stereocenters. The van der Waals surface area contributed by atoms with E-state index in [0.29, 0.717) is 17.9 Å². The van der Waals surface area contributed by atoms with Gasteiger partial charge in [-0.1, -0.05) is 26.2 Å². The molecular weight excluding hydrogens is 236 g/mol. The van der Waals surface area contributed by atoms with Crippen LogP contribution in [-0.4, -0.2) is 25.3 Å². The van der Waals surface area contributed by atoms with Gasteiger partial charge in [0, 0.05) is 6.61 Å². The minimum absolute atomic E-state index is 0.290. The molecule has 0 saturated heterocycles. The lowest BCUT2D eigenvalue weighted by Gasteiger charge is -2.31. The van der Waals surface area contributed by atoms with Gasteiger partial charge in [0.1, 0.15) is 5.54 Å². The zero-order valence-corrected chi connectivity index (χ0v) is 12.5. The molecule has 3 nitrogen and oxygen atoms in total. The van der Waals surface area contributed by atoms with E-state index in [4.69, 9.17) is 4.74 Å². The van der Waals surface area contributed by atoms with Gasteiger partial charge in [-0.15, -0.1) is 0 Å². The van der Waals surface area contributed by atoms with E-state index >= 15 is 0 Å². The van der Waals surface area contributed by atoms with Crippen LogP contribution in [0.4, 0.5) is 0 Å². The van der Waals surface area contributed by atoms with Gasteiger partial charge in [-0.05, 0) is 51.0 Å². The van der Waals surface area contributed by atoms with Crippen LogP contribution in [0.15, 0.2) is 0 Å². The molecule has 1 N–H and O–H groups in total. The Morgan fingerprint density at radius 1 is 1.26 bits per heavy atom. The van der Waals surface area contributed by atoms with E-state index in [2.05, 4.69) is 18.3 Å². The van der Waals surface area contributed by atoms with E-state index in [1.165, 1.54) is 32.1 Å². The first-order chi connectivity index (χ1) is 9.22. The largest absolute Gasteiger partial charge is 0.378 e. The van der Waals surface area contributed by atoms with E-state index in [-0.39, 0.29) is 5.54 Å². The second-order valence-electron chi connectivity index (χ2n) is 6.38. The molecule has 2 saturated carbocycles. The van der Waals surface area contributed by atoms with Crippen molar-refractivity contribution < 1.29 is 4.74 Å². The summed E-state index contributed by atoms with van der Waals surface area (Å²) >= 11 is 0. The third-order valence-electron chi connectivity index (χ3n) is 5.30. The lowest BCUT2D eigenvalue weighted by atomic mass is 9.86. The quantitative estimate of drug-likeness (QED) is 0.829. The van der Waals surface area contributed by atoms with Crippen molar-refractivity contribution in [2.45, 2.75) is 69.9 Å². The second-order valence-corrected chi connectivity index (χ2v) is 6.38. The summed E-state index contributed by atoms with van der Waals surface area (Å²) in [4.78, 5) is 0. The summed E-state index contributed by atoms with van der Waals surface area (Å²) in [5.74, 6) is 1.17. The van der Waals surface area contributed by atoms with Gasteiger partial charge in [0.2, 0.25) is 0 Å². The van der Waals surface area contributed by atoms with Crippen molar-refractivity contribution in [1.29, 1.82) is 5.26 Å². The molecule has 0 aromatic carbocycles. The Hall–Kier alpha value is -0.590. The van der Waals surface area contributed by atoms with E-state index in [1.807, 2.05) is 7.05 Å². The van der Waals surface area contributed by atoms with Crippen LogP contribution in [0.1, 0.15) is 58.3 Å². The van der Waals surface area contributed by atoms with Crippen LogP contribution in [-0.2, 0) is 4.74 Å². The Kier molecular flexibility index (Phi) is 5.24. The van der Waals surface area contributed by atoms with E-state index < -0.39 is 0 Å².